The largest absolute Gasteiger partial charge is 0.316 e. The van der Waals surface area contributed by atoms with E-state index in [4.69, 9.17) is 11.6 Å². The molecule has 1 N–H and O–H groups in total. The molecule has 31 heavy (non-hydrogen) atoms. The fraction of sp³-hybridized carbons (Fsp3) is 0.536. The molecule has 0 amide bonds. The minimum atomic E-state index is 0.331. The highest BCUT2D eigenvalue weighted by molar-refractivity contribution is 6.30. The Kier molecular flexibility index (Phi) is 11.9. The number of halogens is 1. The summed E-state index contributed by atoms with van der Waals surface area (Å²) in [6, 6.07) is 14.3. The number of Topliss-reactive ketones (excluding diaryl/α,β-unsaturated/α-hetero) is 1. The van der Waals surface area contributed by atoms with Crippen molar-refractivity contribution in [1.82, 2.24) is 5.32 Å². The van der Waals surface area contributed by atoms with Crippen molar-refractivity contribution in [2.45, 2.75) is 78.6 Å². The molecule has 2 aromatic rings. The number of benzene rings is 2. The van der Waals surface area contributed by atoms with Crippen molar-refractivity contribution in [2.24, 2.45) is 5.92 Å². The summed E-state index contributed by atoms with van der Waals surface area (Å²) in [4.78, 5) is 12.5. The third kappa shape index (κ3) is 9.17. The first-order valence-corrected chi connectivity index (χ1v) is 12.5. The Balaban J connectivity index is 0.000000316. The number of carbonyl (C=O) groups excluding carboxylic acids is 1. The molecule has 0 fully saturated rings. The van der Waals surface area contributed by atoms with Crippen LogP contribution < -0.4 is 5.32 Å². The van der Waals surface area contributed by atoms with Crippen LogP contribution >= 0.6 is 11.6 Å². The molecule has 1 aliphatic rings. The predicted molar refractivity (Wildman–Crippen MR) is 134 cm³/mol. The van der Waals surface area contributed by atoms with Crippen LogP contribution in [0, 0.1) is 5.92 Å². The maximum absolute atomic E-state index is 12.5. The van der Waals surface area contributed by atoms with Crippen molar-refractivity contribution in [1.29, 1.82) is 0 Å². The maximum atomic E-state index is 12.5. The Hall–Kier alpha value is -1.64. The molecule has 2 aromatic carbocycles. The highest BCUT2D eigenvalue weighted by atomic mass is 35.5. The van der Waals surface area contributed by atoms with E-state index in [1.165, 1.54) is 42.4 Å². The first-order valence-electron chi connectivity index (χ1n) is 12.2. The molecule has 3 heteroatoms. The number of carbonyl (C=O) groups is 1. The van der Waals surface area contributed by atoms with Crippen LogP contribution in [-0.2, 0) is 19.3 Å². The second kappa shape index (κ2) is 14.4. The van der Waals surface area contributed by atoms with E-state index in [0.717, 1.165) is 55.3 Å². The van der Waals surface area contributed by atoms with Crippen LogP contribution in [0.4, 0.5) is 0 Å². The molecule has 0 spiro atoms. The lowest BCUT2D eigenvalue weighted by molar-refractivity contribution is 0.0972. The SMILES string of the molecule is CCCC(CCC)CCC(=O)c1ccc2c(c1)CCNCC2.CCc1ccc(Cl)cc1. The lowest BCUT2D eigenvalue weighted by Crippen LogP contribution is -2.16. The molecule has 170 valence electrons. The zero-order valence-electron chi connectivity index (χ0n) is 19.7. The number of fused-ring (bicyclic) bond motifs is 1. The van der Waals surface area contributed by atoms with Gasteiger partial charge in [0.15, 0.2) is 5.78 Å². The predicted octanol–water partition coefficient (Wildman–Crippen LogP) is 7.46. The van der Waals surface area contributed by atoms with E-state index in [2.05, 4.69) is 38.2 Å². The summed E-state index contributed by atoms with van der Waals surface area (Å²) in [6.45, 7) is 8.69. The lowest BCUT2D eigenvalue weighted by Gasteiger charge is -2.15. The molecule has 0 radical (unpaired) electrons. The Morgan fingerprint density at radius 3 is 2.16 bits per heavy atom. The number of hydrogen-bond donors (Lipinski definition) is 1. The average Bonchev–Trinajstić information content (AvgIpc) is 3.03. The van der Waals surface area contributed by atoms with Crippen LogP contribution in [0.1, 0.15) is 86.3 Å². The van der Waals surface area contributed by atoms with Gasteiger partial charge in [0.05, 0.1) is 0 Å². The van der Waals surface area contributed by atoms with Crippen molar-refractivity contribution in [3.8, 4) is 0 Å². The van der Waals surface area contributed by atoms with Crippen molar-refractivity contribution in [3.05, 3.63) is 69.7 Å². The number of hydrogen-bond acceptors (Lipinski definition) is 2. The second-order valence-corrected chi connectivity index (χ2v) is 9.06. The monoisotopic (exact) mass is 441 g/mol. The molecule has 0 bridgehead atoms. The fourth-order valence-corrected chi connectivity index (χ4v) is 4.42. The third-order valence-corrected chi connectivity index (χ3v) is 6.42. The van der Waals surface area contributed by atoms with Crippen LogP contribution in [0.25, 0.3) is 0 Å². The molecular weight excluding hydrogens is 402 g/mol. The van der Waals surface area contributed by atoms with Gasteiger partial charge >= 0.3 is 0 Å². The van der Waals surface area contributed by atoms with Gasteiger partial charge in [0.1, 0.15) is 0 Å². The summed E-state index contributed by atoms with van der Waals surface area (Å²) in [5, 5.41) is 4.24. The zero-order valence-corrected chi connectivity index (χ0v) is 20.4. The van der Waals surface area contributed by atoms with Gasteiger partial charge in [-0.1, -0.05) is 82.3 Å². The van der Waals surface area contributed by atoms with Crippen LogP contribution in [0.3, 0.4) is 0 Å². The van der Waals surface area contributed by atoms with Crippen LogP contribution in [0.2, 0.25) is 5.02 Å². The van der Waals surface area contributed by atoms with Crippen LogP contribution in [0.15, 0.2) is 42.5 Å². The molecule has 0 aliphatic carbocycles. The Morgan fingerprint density at radius 1 is 0.903 bits per heavy atom. The first kappa shape index (κ1) is 25.6. The fourth-order valence-electron chi connectivity index (χ4n) is 4.30. The molecule has 0 unspecified atom stereocenters. The van der Waals surface area contributed by atoms with Gasteiger partial charge in [-0.15, -0.1) is 0 Å². The smallest absolute Gasteiger partial charge is 0.162 e. The van der Waals surface area contributed by atoms with Crippen LogP contribution in [-0.4, -0.2) is 18.9 Å². The van der Waals surface area contributed by atoms with Crippen LogP contribution in [0.5, 0.6) is 0 Å². The minimum absolute atomic E-state index is 0.331. The standard InChI is InChI=1S/C20H31NO.C8H9Cl/c1-3-5-16(6-4-2)7-10-20(22)19-9-8-17-11-13-21-14-12-18(17)15-19;1-2-7-3-5-8(9)6-4-7/h8-9,15-16,21H,3-7,10-14H2,1-2H3;3-6H,2H2,1H3. The summed E-state index contributed by atoms with van der Waals surface area (Å²) in [7, 11) is 0. The minimum Gasteiger partial charge on any atom is -0.316 e. The Bertz CT molecular complexity index is 778. The topological polar surface area (TPSA) is 29.1 Å². The highest BCUT2D eigenvalue weighted by Gasteiger charge is 2.14. The number of rotatable bonds is 9. The van der Waals surface area contributed by atoms with Crippen molar-refractivity contribution >= 4 is 17.4 Å². The van der Waals surface area contributed by atoms with E-state index in [1.54, 1.807) is 0 Å². The van der Waals surface area contributed by atoms with E-state index >= 15 is 0 Å². The summed E-state index contributed by atoms with van der Waals surface area (Å²) in [6.07, 6.45) is 9.95. The maximum Gasteiger partial charge on any atom is 0.162 e. The van der Waals surface area contributed by atoms with Crippen molar-refractivity contribution < 1.29 is 4.79 Å². The lowest BCUT2D eigenvalue weighted by atomic mass is 9.90. The molecule has 0 aromatic heterocycles. The highest BCUT2D eigenvalue weighted by Crippen LogP contribution is 2.22. The van der Waals surface area contributed by atoms with Gasteiger partial charge in [0.2, 0.25) is 0 Å². The quantitative estimate of drug-likeness (QED) is 0.409. The summed E-state index contributed by atoms with van der Waals surface area (Å²) in [5.41, 5.74) is 5.04. The van der Waals surface area contributed by atoms with Gasteiger partial charge in [0, 0.05) is 17.0 Å². The molecule has 1 heterocycles. The normalized spacial score (nSPS) is 13.2. The molecule has 1 aliphatic heterocycles. The molecule has 2 nitrogen and oxygen atoms in total. The van der Waals surface area contributed by atoms with E-state index in [0.29, 0.717) is 12.2 Å². The van der Waals surface area contributed by atoms with E-state index in [1.807, 2.05) is 30.3 Å². The first-order chi connectivity index (χ1) is 15.1. The van der Waals surface area contributed by atoms with Gasteiger partial charge in [-0.25, -0.2) is 0 Å². The average molecular weight is 442 g/mol. The van der Waals surface area contributed by atoms with E-state index in [-0.39, 0.29) is 0 Å². The zero-order chi connectivity index (χ0) is 22.5. The molecular formula is C28H40ClNO. The van der Waals surface area contributed by atoms with Gasteiger partial charge in [-0.3, -0.25) is 4.79 Å². The van der Waals surface area contributed by atoms with Gasteiger partial charge in [-0.2, -0.15) is 0 Å². The summed E-state index contributed by atoms with van der Waals surface area (Å²) in [5.74, 6) is 1.06. The molecule has 3 rings (SSSR count). The second-order valence-electron chi connectivity index (χ2n) is 8.62. The molecule has 0 atom stereocenters. The van der Waals surface area contributed by atoms with E-state index in [9.17, 15) is 4.79 Å². The Morgan fingerprint density at radius 2 is 1.55 bits per heavy atom. The van der Waals surface area contributed by atoms with Gasteiger partial charge < -0.3 is 5.32 Å². The van der Waals surface area contributed by atoms with Crippen molar-refractivity contribution in [3.63, 3.8) is 0 Å². The Labute approximate surface area is 194 Å². The number of nitrogens with one attached hydrogen (secondary N) is 1. The summed E-state index contributed by atoms with van der Waals surface area (Å²) >= 11 is 5.67. The third-order valence-electron chi connectivity index (χ3n) is 6.17. The molecule has 0 saturated carbocycles. The van der Waals surface area contributed by atoms with Gasteiger partial charge in [-0.05, 0) is 79.6 Å². The van der Waals surface area contributed by atoms with Crippen molar-refractivity contribution in [2.75, 3.05) is 13.1 Å². The van der Waals surface area contributed by atoms with E-state index < -0.39 is 0 Å². The summed E-state index contributed by atoms with van der Waals surface area (Å²) < 4.78 is 0. The molecule has 0 saturated heterocycles. The number of aryl methyl sites for hydroxylation is 1. The number of ketones is 1. The van der Waals surface area contributed by atoms with Gasteiger partial charge in [0.25, 0.3) is 0 Å².